The Morgan fingerprint density at radius 1 is 0.887 bits per heavy atom. The molecule has 0 radical (unpaired) electrons. The Hall–Kier alpha value is -5.92. The molecular weight excluding hydrogens is 702 g/mol. The van der Waals surface area contributed by atoms with Crippen molar-refractivity contribution in [1.82, 2.24) is 10.0 Å². The van der Waals surface area contributed by atoms with Gasteiger partial charge in [-0.1, -0.05) is 103 Å². The van der Waals surface area contributed by atoms with Crippen LogP contribution >= 0.6 is 0 Å². The summed E-state index contributed by atoms with van der Waals surface area (Å²) in [6.45, 7) is -0.308. The maximum atomic E-state index is 16.1. The zero-order valence-corrected chi connectivity index (χ0v) is 29.2. The van der Waals surface area contributed by atoms with Crippen molar-refractivity contribution in [2.45, 2.75) is 36.1 Å². The number of rotatable bonds is 15. The van der Waals surface area contributed by atoms with Crippen LogP contribution in [0.3, 0.4) is 0 Å². The molecule has 13 heteroatoms. The number of halogens is 1. The zero-order chi connectivity index (χ0) is 37.5. The van der Waals surface area contributed by atoms with E-state index in [9.17, 15) is 33.2 Å². The molecule has 5 aromatic rings. The quantitative estimate of drug-likeness (QED) is 0.0564. The summed E-state index contributed by atoms with van der Waals surface area (Å²) in [6.07, 6.45) is -0.210. The Labute approximate surface area is 305 Å². The highest BCUT2D eigenvalue weighted by molar-refractivity contribution is 7.89. The topological polar surface area (TPSA) is 165 Å². The summed E-state index contributed by atoms with van der Waals surface area (Å²) >= 11 is 0. The summed E-state index contributed by atoms with van der Waals surface area (Å²) in [4.78, 5) is 35.6. The van der Waals surface area contributed by atoms with Crippen LogP contribution in [0.1, 0.15) is 35.4 Å². The Kier molecular flexibility index (Phi) is 11.3. The maximum Gasteiger partial charge on any atom is 0.407 e. The molecule has 0 saturated carbocycles. The SMILES string of the molecule is O=C(N[C@@H](CCCNS(=O)(=O)c1ccccc1[N+](=O)[O-])/C(F)=C/[C@@H](Cc1ccc2ccccc2c1)C(=O)O)OCC1c2ccccc2-c2ccccc21. The summed E-state index contributed by atoms with van der Waals surface area (Å²) in [7, 11) is -4.31. The molecule has 3 N–H and O–H groups in total. The Morgan fingerprint density at radius 2 is 1.51 bits per heavy atom. The molecule has 2 atom stereocenters. The van der Waals surface area contributed by atoms with Crippen molar-refractivity contribution in [2.75, 3.05) is 13.2 Å². The molecule has 1 aliphatic carbocycles. The molecule has 0 unspecified atom stereocenters. The summed E-state index contributed by atoms with van der Waals surface area (Å²) in [5.41, 5.74) is 4.08. The molecule has 0 fully saturated rings. The first-order valence-corrected chi connectivity index (χ1v) is 18.4. The number of benzene rings is 5. The fourth-order valence-corrected chi connectivity index (χ4v) is 7.88. The van der Waals surface area contributed by atoms with Gasteiger partial charge in [0.2, 0.25) is 10.0 Å². The highest BCUT2D eigenvalue weighted by atomic mass is 32.2. The number of ether oxygens (including phenoxy) is 1. The number of sulfonamides is 1. The monoisotopic (exact) mass is 737 g/mol. The Morgan fingerprint density at radius 3 is 2.19 bits per heavy atom. The normalized spacial score (nSPS) is 13.9. The predicted molar refractivity (Wildman–Crippen MR) is 197 cm³/mol. The van der Waals surface area contributed by atoms with Crippen LogP contribution in [0.5, 0.6) is 0 Å². The zero-order valence-electron chi connectivity index (χ0n) is 28.4. The van der Waals surface area contributed by atoms with Crippen LogP contribution in [0, 0.1) is 16.0 Å². The minimum atomic E-state index is -4.31. The number of hydrogen-bond acceptors (Lipinski definition) is 7. The molecule has 5 aromatic carbocycles. The van der Waals surface area contributed by atoms with Crippen LogP contribution in [0.15, 0.2) is 132 Å². The number of amides is 1. The van der Waals surface area contributed by atoms with Crippen molar-refractivity contribution in [1.29, 1.82) is 0 Å². The molecule has 0 aromatic heterocycles. The molecule has 1 aliphatic rings. The number of carboxylic acid groups (broad SMARTS) is 1. The third-order valence-corrected chi connectivity index (χ3v) is 10.7. The molecule has 6 rings (SSSR count). The molecule has 1 amide bonds. The smallest absolute Gasteiger partial charge is 0.407 e. The van der Waals surface area contributed by atoms with Gasteiger partial charge in [0.1, 0.15) is 12.4 Å². The van der Waals surface area contributed by atoms with Crippen LogP contribution in [0.25, 0.3) is 21.9 Å². The number of alkyl carbamates (subject to hydrolysis) is 1. The second kappa shape index (κ2) is 16.2. The van der Waals surface area contributed by atoms with Gasteiger partial charge in [0.25, 0.3) is 5.69 Å². The molecule has 0 bridgehead atoms. The fraction of sp³-hybridized carbons (Fsp3) is 0.200. The van der Waals surface area contributed by atoms with E-state index in [0.29, 0.717) is 5.56 Å². The molecule has 0 heterocycles. The first-order valence-electron chi connectivity index (χ1n) is 16.9. The first-order chi connectivity index (χ1) is 25.5. The van der Waals surface area contributed by atoms with E-state index in [1.165, 1.54) is 12.1 Å². The summed E-state index contributed by atoms with van der Waals surface area (Å²) < 4.78 is 49.9. The number of nitro groups is 1. The fourth-order valence-electron chi connectivity index (χ4n) is 6.63. The van der Waals surface area contributed by atoms with Crippen molar-refractivity contribution in [3.05, 3.63) is 154 Å². The molecule has 0 spiro atoms. The average molecular weight is 738 g/mol. The van der Waals surface area contributed by atoms with E-state index in [4.69, 9.17) is 4.74 Å². The van der Waals surface area contributed by atoms with Gasteiger partial charge in [0, 0.05) is 18.5 Å². The third-order valence-electron chi connectivity index (χ3n) is 9.23. The second-order valence-electron chi connectivity index (χ2n) is 12.7. The first kappa shape index (κ1) is 36.9. The third kappa shape index (κ3) is 8.59. The van der Waals surface area contributed by atoms with Gasteiger partial charge in [-0.2, -0.15) is 0 Å². The van der Waals surface area contributed by atoms with Gasteiger partial charge in [-0.3, -0.25) is 14.9 Å². The number of carboxylic acids is 1. The van der Waals surface area contributed by atoms with Crippen molar-refractivity contribution < 1.29 is 37.2 Å². The lowest BCUT2D eigenvalue weighted by atomic mass is 9.95. The van der Waals surface area contributed by atoms with Crippen LogP contribution in [-0.2, 0) is 26.0 Å². The number of para-hydroxylation sites is 1. The van der Waals surface area contributed by atoms with E-state index in [1.54, 1.807) is 6.07 Å². The van der Waals surface area contributed by atoms with Crippen LogP contribution in [0.4, 0.5) is 14.9 Å². The predicted octanol–water partition coefficient (Wildman–Crippen LogP) is 7.51. The number of fused-ring (bicyclic) bond motifs is 4. The van der Waals surface area contributed by atoms with Crippen molar-refractivity contribution >= 4 is 38.5 Å². The van der Waals surface area contributed by atoms with Crippen molar-refractivity contribution in [2.24, 2.45) is 5.92 Å². The van der Waals surface area contributed by atoms with Crippen LogP contribution < -0.4 is 10.0 Å². The molecule has 0 aliphatic heterocycles. The summed E-state index contributed by atoms with van der Waals surface area (Å²) in [6, 6.07) is 32.1. The van der Waals surface area contributed by atoms with Gasteiger partial charge in [-0.25, -0.2) is 22.3 Å². The lowest BCUT2D eigenvalue weighted by Gasteiger charge is -2.20. The highest BCUT2D eigenvalue weighted by Gasteiger charge is 2.30. The van der Waals surface area contributed by atoms with Crippen molar-refractivity contribution in [3.8, 4) is 11.1 Å². The van der Waals surface area contributed by atoms with E-state index >= 15 is 4.39 Å². The van der Waals surface area contributed by atoms with Gasteiger partial charge >= 0.3 is 12.1 Å². The number of aliphatic carboxylic acids is 1. The molecule has 0 saturated heterocycles. The molecule has 272 valence electrons. The van der Waals surface area contributed by atoms with Crippen molar-refractivity contribution in [3.63, 3.8) is 0 Å². The van der Waals surface area contributed by atoms with E-state index in [2.05, 4.69) is 10.0 Å². The number of nitrogens with zero attached hydrogens (tertiary/aromatic N) is 1. The van der Waals surface area contributed by atoms with E-state index in [0.717, 1.165) is 51.2 Å². The molecule has 53 heavy (non-hydrogen) atoms. The Balaban J connectivity index is 1.18. The average Bonchev–Trinajstić information content (AvgIpc) is 3.48. The number of carbonyl (C=O) groups excluding carboxylic acids is 1. The van der Waals surface area contributed by atoms with Gasteiger partial charge in [0.15, 0.2) is 4.90 Å². The Bertz CT molecular complexity index is 2270. The lowest BCUT2D eigenvalue weighted by molar-refractivity contribution is -0.387. The van der Waals surface area contributed by atoms with Gasteiger partial charge in [-0.15, -0.1) is 0 Å². The molecule has 11 nitrogen and oxygen atoms in total. The number of carbonyl (C=O) groups is 2. The van der Waals surface area contributed by atoms with Gasteiger partial charge < -0.3 is 15.2 Å². The second-order valence-corrected chi connectivity index (χ2v) is 14.4. The van der Waals surface area contributed by atoms with Gasteiger partial charge in [-0.05, 0) is 70.0 Å². The largest absolute Gasteiger partial charge is 0.481 e. The summed E-state index contributed by atoms with van der Waals surface area (Å²) in [5, 5.41) is 25.8. The van der Waals surface area contributed by atoms with E-state index in [1.807, 2.05) is 84.9 Å². The standard InChI is InChI=1S/C40H36FN3O8S/c41-35(24-29(39(45)46)23-26-19-20-27-10-1-2-11-28(27)22-26)36(16-9-21-42-53(50,51)38-18-8-7-17-37(38)44(48)49)43-40(47)52-25-34-32-14-5-3-12-30(32)31-13-4-6-15-33(31)34/h1-8,10-15,17-20,22,24,29,34,36,42H,9,16,21,23,25H2,(H,43,47)(H,45,46)/b35-24-/t29-,36+/m1/s1. The lowest BCUT2D eigenvalue weighted by Crippen LogP contribution is -2.37. The minimum Gasteiger partial charge on any atom is -0.481 e. The summed E-state index contributed by atoms with van der Waals surface area (Å²) in [5.74, 6) is -3.76. The van der Waals surface area contributed by atoms with E-state index < -0.39 is 55.4 Å². The number of nitrogens with one attached hydrogen (secondary N) is 2. The molecular formula is C40H36FN3O8S. The van der Waals surface area contributed by atoms with Gasteiger partial charge in [0.05, 0.1) is 16.9 Å². The van der Waals surface area contributed by atoms with Crippen LogP contribution in [0.2, 0.25) is 0 Å². The number of nitro benzene ring substituents is 1. The maximum absolute atomic E-state index is 16.1. The van der Waals surface area contributed by atoms with Crippen LogP contribution in [-0.4, -0.2) is 49.7 Å². The minimum absolute atomic E-state index is 0.0269. The number of hydrogen-bond donors (Lipinski definition) is 3. The highest BCUT2D eigenvalue weighted by Crippen LogP contribution is 2.44. The van der Waals surface area contributed by atoms with E-state index in [-0.39, 0.29) is 38.3 Å².